The van der Waals surface area contributed by atoms with Crippen LogP contribution < -0.4 is 15.6 Å². The number of carbonyl (C=O) groups excluding carboxylic acids is 1. The van der Waals surface area contributed by atoms with Crippen LogP contribution in [0.15, 0.2) is 89.3 Å². The predicted molar refractivity (Wildman–Crippen MR) is 156 cm³/mol. The number of nitrogens with one attached hydrogen (secondary N) is 1. The third-order valence-corrected chi connectivity index (χ3v) is 7.19. The average molecular weight is 549 g/mol. The lowest BCUT2D eigenvalue weighted by Gasteiger charge is -2.10. The van der Waals surface area contributed by atoms with Gasteiger partial charge in [-0.3, -0.25) is 19.3 Å². The topological polar surface area (TPSA) is 104 Å². The van der Waals surface area contributed by atoms with Gasteiger partial charge in [-0.1, -0.05) is 24.3 Å². The van der Waals surface area contributed by atoms with Gasteiger partial charge in [-0.25, -0.2) is 14.6 Å². The number of carbonyl (C=O) groups is 1. The summed E-state index contributed by atoms with van der Waals surface area (Å²) in [4.78, 5) is 40.5. The molecule has 198 valence electrons. The molecule has 0 radical (unpaired) electrons. The summed E-state index contributed by atoms with van der Waals surface area (Å²) in [6.07, 6.45) is 3.22. The van der Waals surface area contributed by atoms with E-state index in [1.165, 1.54) is 22.2 Å². The van der Waals surface area contributed by atoms with Gasteiger partial charge in [-0.05, 0) is 61.9 Å². The first-order valence-electron chi connectivity index (χ1n) is 12.5. The standard InChI is InChI=1S/C30H24N6O3S/c1-18-9-11-22-23(15-18)31-14-13-25(22)39-21-10-12-26(32-16-21)34-29(37)27-28(24-17-40-19(2)33-24)35(3)36(30(27)38)20-7-5-4-6-8-20/h4-17H,1-3H3,(H,32,34,37). The van der Waals surface area contributed by atoms with Crippen LogP contribution in [0.3, 0.4) is 0 Å². The Labute approximate surface area is 233 Å². The van der Waals surface area contributed by atoms with E-state index in [-0.39, 0.29) is 11.4 Å². The quantitative estimate of drug-likeness (QED) is 0.278. The molecule has 6 aromatic rings. The van der Waals surface area contributed by atoms with E-state index >= 15 is 0 Å². The van der Waals surface area contributed by atoms with Gasteiger partial charge in [0.25, 0.3) is 11.5 Å². The van der Waals surface area contributed by atoms with Crippen LogP contribution in [0, 0.1) is 13.8 Å². The van der Waals surface area contributed by atoms with Crippen molar-refractivity contribution in [3.05, 3.63) is 111 Å². The number of aryl methyl sites for hydroxylation is 2. The molecule has 0 unspecified atom stereocenters. The number of amides is 1. The summed E-state index contributed by atoms with van der Waals surface area (Å²) in [6, 6.07) is 20.3. The first-order valence-corrected chi connectivity index (χ1v) is 13.4. The van der Waals surface area contributed by atoms with E-state index in [0.29, 0.717) is 28.6 Å². The molecular formula is C30H24N6O3S. The maximum absolute atomic E-state index is 13.6. The third-order valence-electron chi connectivity index (χ3n) is 6.42. The average Bonchev–Trinajstić information content (AvgIpc) is 3.49. The molecule has 0 aliphatic rings. The molecule has 9 nitrogen and oxygen atoms in total. The number of para-hydroxylation sites is 1. The highest BCUT2D eigenvalue weighted by Crippen LogP contribution is 2.30. The minimum atomic E-state index is -0.576. The molecule has 1 amide bonds. The van der Waals surface area contributed by atoms with Crippen molar-refractivity contribution in [2.75, 3.05) is 5.32 Å². The first kappa shape index (κ1) is 25.2. The monoisotopic (exact) mass is 548 g/mol. The second-order valence-corrected chi connectivity index (χ2v) is 10.3. The second-order valence-electron chi connectivity index (χ2n) is 9.22. The van der Waals surface area contributed by atoms with E-state index in [0.717, 1.165) is 21.5 Å². The molecule has 0 aliphatic carbocycles. The van der Waals surface area contributed by atoms with E-state index in [4.69, 9.17) is 4.74 Å². The number of rotatable bonds is 6. The lowest BCUT2D eigenvalue weighted by molar-refractivity contribution is 0.102. The van der Waals surface area contributed by atoms with Gasteiger partial charge in [0.2, 0.25) is 0 Å². The molecule has 0 saturated carbocycles. The van der Waals surface area contributed by atoms with Crippen molar-refractivity contribution in [2.24, 2.45) is 7.05 Å². The Hall–Kier alpha value is -5.09. The van der Waals surface area contributed by atoms with Crippen LogP contribution in [0.25, 0.3) is 28.0 Å². The van der Waals surface area contributed by atoms with Gasteiger partial charge in [0.1, 0.15) is 34.3 Å². The van der Waals surface area contributed by atoms with Crippen molar-refractivity contribution in [2.45, 2.75) is 13.8 Å². The van der Waals surface area contributed by atoms with E-state index in [9.17, 15) is 9.59 Å². The molecule has 0 aliphatic heterocycles. The zero-order valence-corrected chi connectivity index (χ0v) is 22.8. The predicted octanol–water partition coefficient (Wildman–Crippen LogP) is 5.90. The summed E-state index contributed by atoms with van der Waals surface area (Å²) in [5.41, 5.74) is 3.10. The van der Waals surface area contributed by atoms with Crippen molar-refractivity contribution < 1.29 is 9.53 Å². The van der Waals surface area contributed by atoms with Crippen molar-refractivity contribution >= 4 is 34.0 Å². The summed E-state index contributed by atoms with van der Waals surface area (Å²) >= 11 is 1.45. The molecule has 4 heterocycles. The number of fused-ring (bicyclic) bond motifs is 1. The normalized spacial score (nSPS) is 11.1. The van der Waals surface area contributed by atoms with E-state index in [1.54, 1.807) is 36.1 Å². The van der Waals surface area contributed by atoms with Crippen LogP contribution in [0.4, 0.5) is 5.82 Å². The summed E-state index contributed by atoms with van der Waals surface area (Å²) in [5, 5.41) is 6.32. The second kappa shape index (κ2) is 10.2. The molecule has 0 atom stereocenters. The number of pyridine rings is 2. The molecule has 6 rings (SSSR count). The lowest BCUT2D eigenvalue weighted by atomic mass is 10.1. The van der Waals surface area contributed by atoms with Gasteiger partial charge in [-0.2, -0.15) is 0 Å². The molecule has 40 heavy (non-hydrogen) atoms. The van der Waals surface area contributed by atoms with Crippen LogP contribution in [-0.2, 0) is 7.05 Å². The molecule has 1 N–H and O–H groups in total. The van der Waals surface area contributed by atoms with E-state index in [2.05, 4.69) is 20.3 Å². The van der Waals surface area contributed by atoms with Gasteiger partial charge in [0.15, 0.2) is 0 Å². The highest BCUT2D eigenvalue weighted by atomic mass is 32.1. The van der Waals surface area contributed by atoms with Crippen LogP contribution >= 0.6 is 11.3 Å². The fraction of sp³-hybridized carbons (Fsp3) is 0.100. The maximum Gasteiger partial charge on any atom is 0.285 e. The van der Waals surface area contributed by atoms with Gasteiger partial charge >= 0.3 is 0 Å². The molecule has 0 spiro atoms. The Bertz CT molecular complexity index is 1920. The molecule has 4 aromatic heterocycles. The zero-order valence-electron chi connectivity index (χ0n) is 22.0. The summed E-state index contributed by atoms with van der Waals surface area (Å²) in [7, 11) is 1.74. The van der Waals surface area contributed by atoms with Crippen LogP contribution in [0.1, 0.15) is 20.9 Å². The number of anilines is 1. The molecule has 0 saturated heterocycles. The number of hydrogen-bond donors (Lipinski definition) is 1. The lowest BCUT2D eigenvalue weighted by Crippen LogP contribution is -2.25. The Balaban J connectivity index is 1.31. The number of nitrogens with zero attached hydrogens (tertiary/aromatic N) is 5. The minimum absolute atomic E-state index is 0.0164. The van der Waals surface area contributed by atoms with Gasteiger partial charge < -0.3 is 10.1 Å². The summed E-state index contributed by atoms with van der Waals surface area (Å²) < 4.78 is 9.18. The summed E-state index contributed by atoms with van der Waals surface area (Å²) in [6.45, 7) is 3.89. The highest BCUT2D eigenvalue weighted by Gasteiger charge is 2.27. The third kappa shape index (κ3) is 4.65. The van der Waals surface area contributed by atoms with Crippen molar-refractivity contribution in [3.63, 3.8) is 0 Å². The van der Waals surface area contributed by atoms with Crippen LogP contribution in [-0.4, -0.2) is 30.2 Å². The van der Waals surface area contributed by atoms with E-state index < -0.39 is 11.5 Å². The van der Waals surface area contributed by atoms with Gasteiger partial charge in [-0.15, -0.1) is 11.3 Å². The Kier molecular flexibility index (Phi) is 6.45. The van der Waals surface area contributed by atoms with Crippen molar-refractivity contribution in [3.8, 4) is 28.6 Å². The Morgan fingerprint density at radius 2 is 1.82 bits per heavy atom. The van der Waals surface area contributed by atoms with Gasteiger partial charge in [0, 0.05) is 24.0 Å². The van der Waals surface area contributed by atoms with Crippen molar-refractivity contribution in [1.82, 2.24) is 24.3 Å². The number of benzene rings is 2. The van der Waals surface area contributed by atoms with E-state index in [1.807, 2.05) is 67.8 Å². The largest absolute Gasteiger partial charge is 0.455 e. The Morgan fingerprint density at radius 3 is 2.55 bits per heavy atom. The zero-order chi connectivity index (χ0) is 27.8. The molecule has 2 aromatic carbocycles. The SMILES string of the molecule is Cc1ccc2c(Oc3ccc(NC(=O)c4c(-c5csc(C)n5)n(C)n(-c5ccccc5)c4=O)nc3)ccnc2c1. The fourth-order valence-electron chi connectivity index (χ4n) is 4.58. The highest BCUT2D eigenvalue weighted by molar-refractivity contribution is 7.09. The summed E-state index contributed by atoms with van der Waals surface area (Å²) in [5.74, 6) is 0.850. The number of ether oxygens (including phenoxy) is 1. The number of aromatic nitrogens is 5. The van der Waals surface area contributed by atoms with Crippen LogP contribution in [0.5, 0.6) is 11.5 Å². The van der Waals surface area contributed by atoms with Crippen LogP contribution in [0.2, 0.25) is 0 Å². The first-order chi connectivity index (χ1) is 19.4. The molecule has 10 heteroatoms. The molecule has 0 fully saturated rings. The number of hydrogen-bond acceptors (Lipinski definition) is 7. The minimum Gasteiger partial charge on any atom is -0.455 e. The van der Waals surface area contributed by atoms with Gasteiger partial charge in [0.05, 0.1) is 22.4 Å². The Morgan fingerprint density at radius 1 is 1.00 bits per heavy atom. The van der Waals surface area contributed by atoms with Crippen molar-refractivity contribution in [1.29, 1.82) is 0 Å². The maximum atomic E-state index is 13.6. The number of thiazole rings is 1. The molecular weight excluding hydrogens is 524 g/mol. The smallest absolute Gasteiger partial charge is 0.285 e. The molecule has 0 bridgehead atoms. The fourth-order valence-corrected chi connectivity index (χ4v) is 5.17.